The Labute approximate surface area is 100 Å². The van der Waals surface area contributed by atoms with E-state index >= 15 is 0 Å². The zero-order valence-electron chi connectivity index (χ0n) is 10.1. The van der Waals surface area contributed by atoms with Crippen LogP contribution in [0.1, 0.15) is 54.0 Å². The maximum atomic E-state index is 12.3. The molecule has 1 aromatic rings. The van der Waals surface area contributed by atoms with E-state index in [1.807, 2.05) is 0 Å². The number of carboxylic acid groups (broad SMARTS) is 1. The minimum atomic E-state index is -1.03. The van der Waals surface area contributed by atoms with Gasteiger partial charge in [0.2, 0.25) is 0 Å². The van der Waals surface area contributed by atoms with Crippen LogP contribution in [-0.2, 0) is 0 Å². The first kappa shape index (κ1) is 11.9. The van der Waals surface area contributed by atoms with Gasteiger partial charge in [0, 0.05) is 17.7 Å². The third-order valence-electron chi connectivity index (χ3n) is 3.77. The molecule has 0 spiro atoms. The van der Waals surface area contributed by atoms with E-state index in [1.54, 1.807) is 0 Å². The Kier molecular flexibility index (Phi) is 2.81. The molecular weight excluding hydrogens is 218 g/mol. The van der Waals surface area contributed by atoms with Gasteiger partial charge in [-0.3, -0.25) is 4.79 Å². The van der Waals surface area contributed by atoms with Crippen molar-refractivity contribution >= 4 is 11.8 Å². The van der Waals surface area contributed by atoms with E-state index in [0.717, 1.165) is 19.3 Å². The summed E-state index contributed by atoms with van der Waals surface area (Å²) in [7, 11) is 0. The van der Waals surface area contributed by atoms with Crippen LogP contribution in [0.3, 0.4) is 0 Å². The Morgan fingerprint density at radius 1 is 1.47 bits per heavy atom. The Bertz CT molecular complexity index is 459. The molecule has 4 nitrogen and oxygen atoms in total. The number of carboxylic acids is 1. The smallest absolute Gasteiger partial charge is 0.352 e. The van der Waals surface area contributed by atoms with Gasteiger partial charge in [-0.15, -0.1) is 0 Å². The first-order chi connectivity index (χ1) is 7.92. The number of carbonyl (C=O) groups excluding carboxylic acids is 1. The Morgan fingerprint density at radius 2 is 2.18 bits per heavy atom. The number of Topliss-reactive ketones (excluding diaryl/α,β-unsaturated/α-hetero) is 1. The Hall–Kier alpha value is -1.58. The van der Waals surface area contributed by atoms with Gasteiger partial charge in [-0.1, -0.05) is 20.3 Å². The Morgan fingerprint density at radius 3 is 2.65 bits per heavy atom. The number of nitrogens with one attached hydrogen (secondary N) is 1. The summed E-state index contributed by atoms with van der Waals surface area (Å²) in [5.74, 6) is -0.953. The summed E-state index contributed by atoms with van der Waals surface area (Å²) in [6, 6.07) is 1.43. The highest BCUT2D eigenvalue weighted by Gasteiger charge is 2.39. The molecule has 0 aliphatic heterocycles. The third kappa shape index (κ3) is 2.12. The lowest BCUT2D eigenvalue weighted by molar-refractivity contribution is 0.0691. The van der Waals surface area contributed by atoms with Gasteiger partial charge in [0.05, 0.1) is 0 Å². The molecule has 2 rings (SSSR count). The van der Waals surface area contributed by atoms with Crippen LogP contribution < -0.4 is 0 Å². The molecule has 4 heteroatoms. The molecule has 1 aliphatic rings. The van der Waals surface area contributed by atoms with Gasteiger partial charge >= 0.3 is 5.97 Å². The average molecular weight is 235 g/mol. The standard InChI is InChI=1S/C13H17NO3/c1-13(2)5-3-4-9(13)11(15)8-6-10(12(16)17)14-7-8/h6-7,9,14H,3-5H2,1-2H3,(H,16,17). The maximum Gasteiger partial charge on any atom is 0.352 e. The number of carbonyl (C=O) groups is 2. The molecule has 1 aromatic heterocycles. The van der Waals surface area contributed by atoms with Crippen molar-refractivity contribution in [2.24, 2.45) is 11.3 Å². The molecule has 0 amide bonds. The summed E-state index contributed by atoms with van der Waals surface area (Å²) in [6.45, 7) is 4.21. The second kappa shape index (κ2) is 4.02. The first-order valence-electron chi connectivity index (χ1n) is 5.88. The molecule has 2 N–H and O–H groups in total. The molecule has 0 aromatic carbocycles. The van der Waals surface area contributed by atoms with Crippen LogP contribution in [-0.4, -0.2) is 21.8 Å². The monoisotopic (exact) mass is 235 g/mol. The zero-order valence-corrected chi connectivity index (χ0v) is 10.1. The molecular formula is C13H17NO3. The van der Waals surface area contributed by atoms with Crippen molar-refractivity contribution in [2.45, 2.75) is 33.1 Å². The maximum absolute atomic E-state index is 12.3. The van der Waals surface area contributed by atoms with Gasteiger partial charge in [-0.25, -0.2) is 4.79 Å². The van der Waals surface area contributed by atoms with Crippen molar-refractivity contribution in [2.75, 3.05) is 0 Å². The SMILES string of the molecule is CC1(C)CCCC1C(=O)c1c[nH]c(C(=O)O)c1. The van der Waals surface area contributed by atoms with Gasteiger partial charge in [0.1, 0.15) is 5.69 Å². The number of ketones is 1. The fourth-order valence-electron chi connectivity index (χ4n) is 2.67. The van der Waals surface area contributed by atoms with Gasteiger partial charge in [0.15, 0.2) is 5.78 Å². The average Bonchev–Trinajstić information content (AvgIpc) is 2.82. The van der Waals surface area contributed by atoms with Gasteiger partial charge in [-0.05, 0) is 24.3 Å². The molecule has 1 heterocycles. The molecule has 1 aliphatic carbocycles. The topological polar surface area (TPSA) is 70.2 Å². The predicted octanol–water partition coefficient (Wildman–Crippen LogP) is 2.72. The van der Waals surface area contributed by atoms with Crippen LogP contribution >= 0.6 is 0 Å². The van der Waals surface area contributed by atoms with E-state index in [-0.39, 0.29) is 22.8 Å². The van der Waals surface area contributed by atoms with Crippen molar-refractivity contribution < 1.29 is 14.7 Å². The van der Waals surface area contributed by atoms with Crippen molar-refractivity contribution in [3.8, 4) is 0 Å². The summed E-state index contributed by atoms with van der Waals surface area (Å²) in [5.41, 5.74) is 0.587. The first-order valence-corrected chi connectivity index (χ1v) is 5.88. The lowest BCUT2D eigenvalue weighted by atomic mass is 9.78. The number of aromatic carboxylic acids is 1. The number of aromatic nitrogens is 1. The number of hydrogen-bond acceptors (Lipinski definition) is 2. The number of aromatic amines is 1. The zero-order chi connectivity index (χ0) is 12.6. The fourth-order valence-corrected chi connectivity index (χ4v) is 2.67. The van der Waals surface area contributed by atoms with Crippen LogP contribution in [0, 0.1) is 11.3 Å². The van der Waals surface area contributed by atoms with E-state index in [4.69, 9.17) is 5.11 Å². The normalized spacial score (nSPS) is 22.6. The van der Waals surface area contributed by atoms with E-state index in [1.165, 1.54) is 12.3 Å². The summed E-state index contributed by atoms with van der Waals surface area (Å²) >= 11 is 0. The van der Waals surface area contributed by atoms with E-state index in [9.17, 15) is 9.59 Å². The highest BCUT2D eigenvalue weighted by atomic mass is 16.4. The van der Waals surface area contributed by atoms with Crippen LogP contribution in [0.2, 0.25) is 0 Å². The molecule has 17 heavy (non-hydrogen) atoms. The largest absolute Gasteiger partial charge is 0.477 e. The second-order valence-electron chi connectivity index (χ2n) is 5.40. The molecule has 0 saturated heterocycles. The summed E-state index contributed by atoms with van der Waals surface area (Å²) in [5, 5.41) is 8.81. The van der Waals surface area contributed by atoms with Gasteiger partial charge in [-0.2, -0.15) is 0 Å². The minimum Gasteiger partial charge on any atom is -0.477 e. The lowest BCUT2D eigenvalue weighted by Crippen LogP contribution is -2.25. The third-order valence-corrected chi connectivity index (χ3v) is 3.77. The van der Waals surface area contributed by atoms with E-state index < -0.39 is 5.97 Å². The van der Waals surface area contributed by atoms with E-state index in [2.05, 4.69) is 18.8 Å². The molecule has 1 unspecified atom stereocenters. The van der Waals surface area contributed by atoms with Crippen molar-refractivity contribution in [1.82, 2.24) is 4.98 Å². The van der Waals surface area contributed by atoms with Crippen LogP contribution in [0.15, 0.2) is 12.3 Å². The van der Waals surface area contributed by atoms with Gasteiger partial charge in [0.25, 0.3) is 0 Å². The molecule has 0 radical (unpaired) electrons. The van der Waals surface area contributed by atoms with E-state index in [0.29, 0.717) is 5.56 Å². The molecule has 0 bridgehead atoms. The van der Waals surface area contributed by atoms with Crippen LogP contribution in [0.5, 0.6) is 0 Å². The number of hydrogen-bond donors (Lipinski definition) is 2. The highest BCUT2D eigenvalue weighted by molar-refractivity contribution is 6.00. The Balaban J connectivity index is 2.22. The quantitative estimate of drug-likeness (QED) is 0.791. The minimum absolute atomic E-state index is 0.0138. The van der Waals surface area contributed by atoms with Gasteiger partial charge < -0.3 is 10.1 Å². The number of H-pyrrole nitrogens is 1. The van der Waals surface area contributed by atoms with Crippen LogP contribution in [0.25, 0.3) is 0 Å². The fraction of sp³-hybridized carbons (Fsp3) is 0.538. The summed E-state index contributed by atoms with van der Waals surface area (Å²) in [4.78, 5) is 25.6. The van der Waals surface area contributed by atoms with Crippen molar-refractivity contribution in [3.05, 3.63) is 23.5 Å². The summed E-state index contributed by atoms with van der Waals surface area (Å²) < 4.78 is 0. The molecule has 92 valence electrons. The molecule has 1 atom stereocenters. The van der Waals surface area contributed by atoms with Crippen LogP contribution in [0.4, 0.5) is 0 Å². The molecule has 1 fully saturated rings. The molecule has 1 saturated carbocycles. The van der Waals surface area contributed by atoms with Crippen molar-refractivity contribution in [1.29, 1.82) is 0 Å². The second-order valence-corrected chi connectivity index (χ2v) is 5.40. The lowest BCUT2D eigenvalue weighted by Gasteiger charge is -2.25. The number of rotatable bonds is 3. The highest BCUT2D eigenvalue weighted by Crippen LogP contribution is 2.44. The predicted molar refractivity (Wildman–Crippen MR) is 63.2 cm³/mol. The van der Waals surface area contributed by atoms with Crippen molar-refractivity contribution in [3.63, 3.8) is 0 Å². The summed E-state index contributed by atoms with van der Waals surface area (Å²) in [6.07, 6.45) is 4.53.